The lowest BCUT2D eigenvalue weighted by Crippen LogP contribution is -1.77. The van der Waals surface area contributed by atoms with Gasteiger partial charge >= 0.3 is 0 Å². The van der Waals surface area contributed by atoms with Crippen molar-refractivity contribution < 1.29 is 0 Å². The summed E-state index contributed by atoms with van der Waals surface area (Å²) in [6.45, 7) is 10.7. The average Bonchev–Trinajstić information content (AvgIpc) is 2.07. The number of hydrogen-bond donors (Lipinski definition) is 0. The van der Waals surface area contributed by atoms with Crippen LogP contribution in [-0.2, 0) is 6.54 Å². The van der Waals surface area contributed by atoms with E-state index in [0.717, 1.165) is 5.56 Å². The van der Waals surface area contributed by atoms with Crippen molar-refractivity contribution in [3.05, 3.63) is 41.2 Å². The maximum atomic E-state index is 6.71. The maximum Gasteiger partial charge on any atom is 0.187 e. The maximum absolute atomic E-state index is 6.71. The van der Waals surface area contributed by atoms with Crippen LogP contribution in [0.25, 0.3) is 4.85 Å². The van der Waals surface area contributed by atoms with Crippen LogP contribution in [0.1, 0.15) is 5.56 Å². The van der Waals surface area contributed by atoms with Crippen LogP contribution < -0.4 is 0 Å². The quantitative estimate of drug-likeness (QED) is 0.448. The van der Waals surface area contributed by atoms with Crippen molar-refractivity contribution in [3.8, 4) is 0 Å². The van der Waals surface area contributed by atoms with E-state index in [-0.39, 0.29) is 0 Å². The standard InChI is InChI=1S/C9H8N2/c1-10-7-8-3-5-9(11-2)6-4-8/h3-6H,1,7H2. The van der Waals surface area contributed by atoms with Crippen molar-refractivity contribution in [1.29, 1.82) is 0 Å². The predicted octanol–water partition coefficient (Wildman–Crippen LogP) is 2.44. The molecule has 0 saturated heterocycles. The van der Waals surface area contributed by atoms with Crippen molar-refractivity contribution in [2.45, 2.75) is 6.54 Å². The van der Waals surface area contributed by atoms with Crippen LogP contribution in [0, 0.1) is 6.57 Å². The molecule has 1 rings (SSSR count). The van der Waals surface area contributed by atoms with Gasteiger partial charge in [-0.1, -0.05) is 24.3 Å². The molecule has 0 unspecified atom stereocenters. The molecule has 0 heterocycles. The van der Waals surface area contributed by atoms with E-state index in [2.05, 4.69) is 16.6 Å². The van der Waals surface area contributed by atoms with Gasteiger partial charge in [0, 0.05) is 0 Å². The largest absolute Gasteiger partial charge is 0.296 e. The highest BCUT2D eigenvalue weighted by molar-refractivity contribution is 5.45. The van der Waals surface area contributed by atoms with E-state index in [1.807, 2.05) is 12.1 Å². The van der Waals surface area contributed by atoms with Crippen molar-refractivity contribution in [2.75, 3.05) is 0 Å². The first-order chi connectivity index (χ1) is 5.36. The summed E-state index contributed by atoms with van der Waals surface area (Å²) < 4.78 is 0. The van der Waals surface area contributed by atoms with Gasteiger partial charge in [0.15, 0.2) is 5.69 Å². The van der Waals surface area contributed by atoms with E-state index in [0.29, 0.717) is 12.2 Å². The fraction of sp³-hybridized carbons (Fsp3) is 0.111. The van der Waals surface area contributed by atoms with E-state index >= 15 is 0 Å². The number of rotatable bonds is 2. The Balaban J connectivity index is 2.84. The zero-order valence-corrected chi connectivity index (χ0v) is 6.12. The second-order valence-corrected chi connectivity index (χ2v) is 2.16. The molecule has 2 nitrogen and oxygen atoms in total. The first-order valence-corrected chi connectivity index (χ1v) is 3.25. The lowest BCUT2D eigenvalue weighted by molar-refractivity contribution is 1.08. The molecule has 0 aromatic heterocycles. The van der Waals surface area contributed by atoms with Gasteiger partial charge in [-0.2, -0.15) is 0 Å². The second kappa shape index (κ2) is 3.52. The molecular weight excluding hydrogens is 136 g/mol. The smallest absolute Gasteiger partial charge is 0.187 e. The Kier molecular flexibility index (Phi) is 2.40. The van der Waals surface area contributed by atoms with Crippen LogP contribution in [-0.4, -0.2) is 6.72 Å². The van der Waals surface area contributed by atoms with E-state index in [1.165, 1.54) is 0 Å². The highest BCUT2D eigenvalue weighted by Gasteiger charge is 1.90. The van der Waals surface area contributed by atoms with Crippen molar-refractivity contribution >= 4 is 12.4 Å². The molecule has 0 aliphatic rings. The lowest BCUT2D eigenvalue weighted by Gasteiger charge is -1.94. The van der Waals surface area contributed by atoms with Gasteiger partial charge in [0.05, 0.1) is 13.1 Å². The molecule has 0 atom stereocenters. The second-order valence-electron chi connectivity index (χ2n) is 2.16. The monoisotopic (exact) mass is 144 g/mol. The van der Waals surface area contributed by atoms with Crippen molar-refractivity contribution in [1.82, 2.24) is 0 Å². The van der Waals surface area contributed by atoms with Crippen LogP contribution in [0.15, 0.2) is 29.3 Å². The van der Waals surface area contributed by atoms with Crippen LogP contribution in [0.3, 0.4) is 0 Å². The fourth-order valence-electron chi connectivity index (χ4n) is 0.805. The number of hydrogen-bond acceptors (Lipinski definition) is 1. The Morgan fingerprint density at radius 3 is 2.45 bits per heavy atom. The lowest BCUT2D eigenvalue weighted by atomic mass is 10.2. The minimum absolute atomic E-state index is 0.623. The number of nitrogens with zero attached hydrogens (tertiary/aromatic N) is 2. The molecule has 0 spiro atoms. The Labute approximate surface area is 66.0 Å². The van der Waals surface area contributed by atoms with E-state index in [9.17, 15) is 0 Å². The van der Waals surface area contributed by atoms with E-state index in [1.54, 1.807) is 12.1 Å². The summed E-state index contributed by atoms with van der Waals surface area (Å²) in [6.07, 6.45) is 0. The summed E-state index contributed by atoms with van der Waals surface area (Å²) in [5.41, 5.74) is 1.75. The first kappa shape index (κ1) is 7.49. The molecular formula is C9H8N2. The predicted molar refractivity (Wildman–Crippen MR) is 46.0 cm³/mol. The van der Waals surface area contributed by atoms with E-state index < -0.39 is 0 Å². The van der Waals surface area contributed by atoms with Gasteiger partial charge in [0.25, 0.3) is 0 Å². The Morgan fingerprint density at radius 1 is 1.36 bits per heavy atom. The third-order valence-electron chi connectivity index (χ3n) is 1.36. The van der Waals surface area contributed by atoms with E-state index in [4.69, 9.17) is 6.57 Å². The molecule has 11 heavy (non-hydrogen) atoms. The molecule has 1 aromatic carbocycles. The molecule has 0 amide bonds. The summed E-state index contributed by atoms with van der Waals surface area (Å²) in [4.78, 5) is 7.01. The van der Waals surface area contributed by atoms with Crippen LogP contribution in [0.2, 0.25) is 0 Å². The van der Waals surface area contributed by atoms with Gasteiger partial charge in [-0.05, 0) is 12.3 Å². The van der Waals surface area contributed by atoms with Gasteiger partial charge in [-0.25, -0.2) is 4.85 Å². The molecule has 0 aliphatic carbocycles. The summed E-state index contributed by atoms with van der Waals surface area (Å²) in [5.74, 6) is 0. The van der Waals surface area contributed by atoms with Crippen LogP contribution >= 0.6 is 0 Å². The molecule has 0 aliphatic heterocycles. The minimum Gasteiger partial charge on any atom is -0.296 e. The minimum atomic E-state index is 0.623. The Morgan fingerprint density at radius 2 is 2.00 bits per heavy atom. The number of benzene rings is 1. The average molecular weight is 144 g/mol. The zero-order valence-electron chi connectivity index (χ0n) is 6.12. The molecule has 0 radical (unpaired) electrons. The summed E-state index contributed by atoms with van der Waals surface area (Å²) in [7, 11) is 0. The normalized spacial score (nSPS) is 8.64. The molecule has 2 heteroatoms. The fourth-order valence-corrected chi connectivity index (χ4v) is 0.805. The zero-order chi connectivity index (χ0) is 8.10. The molecule has 0 fully saturated rings. The van der Waals surface area contributed by atoms with Crippen molar-refractivity contribution in [2.24, 2.45) is 4.99 Å². The summed E-state index contributed by atoms with van der Waals surface area (Å²) >= 11 is 0. The molecule has 0 N–H and O–H groups in total. The number of aliphatic imine (C=N–C) groups is 1. The van der Waals surface area contributed by atoms with Crippen LogP contribution in [0.5, 0.6) is 0 Å². The van der Waals surface area contributed by atoms with Crippen molar-refractivity contribution in [3.63, 3.8) is 0 Å². The van der Waals surface area contributed by atoms with Gasteiger partial charge in [-0.3, -0.25) is 4.99 Å². The molecule has 54 valence electrons. The molecule has 0 bridgehead atoms. The highest BCUT2D eigenvalue weighted by atomic mass is 14.7. The van der Waals surface area contributed by atoms with Gasteiger partial charge in [0.1, 0.15) is 0 Å². The summed E-state index contributed by atoms with van der Waals surface area (Å²) in [6, 6.07) is 7.35. The van der Waals surface area contributed by atoms with Gasteiger partial charge in [0.2, 0.25) is 0 Å². The third kappa shape index (κ3) is 1.91. The Hall–Kier alpha value is -1.62. The SMILES string of the molecule is [C-]#[N+]c1ccc(CN=C)cc1. The third-order valence-corrected chi connectivity index (χ3v) is 1.36. The summed E-state index contributed by atoms with van der Waals surface area (Å²) in [5, 5.41) is 0. The van der Waals surface area contributed by atoms with Gasteiger partial charge < -0.3 is 0 Å². The highest BCUT2D eigenvalue weighted by Crippen LogP contribution is 2.12. The first-order valence-electron chi connectivity index (χ1n) is 3.25. The molecule has 1 aromatic rings. The van der Waals surface area contributed by atoms with Crippen LogP contribution in [0.4, 0.5) is 5.69 Å². The van der Waals surface area contributed by atoms with Gasteiger partial charge in [-0.15, -0.1) is 0 Å². The molecule has 0 saturated carbocycles. The Bertz CT molecular complexity index is 279. The topological polar surface area (TPSA) is 16.7 Å².